The van der Waals surface area contributed by atoms with Gasteiger partial charge >= 0.3 is 12.0 Å². The first-order valence-electron chi connectivity index (χ1n) is 6.80. The molecule has 5 heteroatoms. The number of carbonyl (C=O) groups is 2. The molecule has 1 aliphatic heterocycles. The summed E-state index contributed by atoms with van der Waals surface area (Å²) in [6, 6.07) is 7.57. The summed E-state index contributed by atoms with van der Waals surface area (Å²) < 4.78 is 4.73. The van der Waals surface area contributed by atoms with E-state index in [1.165, 1.54) is 7.11 Å². The summed E-state index contributed by atoms with van der Waals surface area (Å²) in [4.78, 5) is 25.3. The van der Waals surface area contributed by atoms with Crippen molar-refractivity contribution < 1.29 is 14.3 Å². The Kier molecular flexibility index (Phi) is 4.61. The second kappa shape index (κ2) is 6.41. The summed E-state index contributed by atoms with van der Waals surface area (Å²) in [5.74, 6) is -0.257. The Morgan fingerprint density at radius 3 is 2.35 bits per heavy atom. The lowest BCUT2D eigenvalue weighted by atomic mass is 9.97. The predicted molar refractivity (Wildman–Crippen MR) is 76.5 cm³/mol. The van der Waals surface area contributed by atoms with Gasteiger partial charge in [-0.3, -0.25) is 4.79 Å². The summed E-state index contributed by atoms with van der Waals surface area (Å²) >= 11 is 0. The number of carbonyl (C=O) groups excluding carboxylic acids is 2. The van der Waals surface area contributed by atoms with Crippen LogP contribution in [0.25, 0.3) is 0 Å². The van der Waals surface area contributed by atoms with Gasteiger partial charge in [-0.1, -0.05) is 17.7 Å². The molecule has 1 saturated heterocycles. The molecule has 0 bridgehead atoms. The number of aryl methyl sites for hydroxylation is 1. The number of anilines is 1. The van der Waals surface area contributed by atoms with Crippen molar-refractivity contribution in [2.45, 2.75) is 19.8 Å². The molecule has 2 rings (SSSR count). The second-order valence-corrected chi connectivity index (χ2v) is 5.08. The first-order chi connectivity index (χ1) is 9.60. The van der Waals surface area contributed by atoms with Crippen LogP contribution in [-0.2, 0) is 9.53 Å². The number of nitrogens with zero attached hydrogens (tertiary/aromatic N) is 1. The molecule has 0 spiro atoms. The molecule has 108 valence electrons. The zero-order chi connectivity index (χ0) is 14.5. The van der Waals surface area contributed by atoms with Crippen LogP contribution < -0.4 is 5.32 Å². The van der Waals surface area contributed by atoms with Gasteiger partial charge in [0, 0.05) is 18.8 Å². The molecule has 0 aliphatic carbocycles. The van der Waals surface area contributed by atoms with Gasteiger partial charge < -0.3 is 15.0 Å². The Morgan fingerprint density at radius 1 is 1.20 bits per heavy atom. The van der Waals surface area contributed by atoms with Crippen molar-refractivity contribution in [3.63, 3.8) is 0 Å². The van der Waals surface area contributed by atoms with Crippen LogP contribution in [0.4, 0.5) is 10.5 Å². The van der Waals surface area contributed by atoms with Gasteiger partial charge in [0.1, 0.15) is 0 Å². The van der Waals surface area contributed by atoms with E-state index in [-0.39, 0.29) is 17.9 Å². The van der Waals surface area contributed by atoms with Crippen molar-refractivity contribution in [3.8, 4) is 0 Å². The van der Waals surface area contributed by atoms with Crippen LogP contribution in [0.1, 0.15) is 18.4 Å². The molecular weight excluding hydrogens is 256 g/mol. The molecule has 1 N–H and O–H groups in total. The maximum atomic E-state index is 12.1. The number of hydrogen-bond acceptors (Lipinski definition) is 3. The normalized spacial score (nSPS) is 15.8. The van der Waals surface area contributed by atoms with Crippen LogP contribution in [0.5, 0.6) is 0 Å². The summed E-state index contributed by atoms with van der Waals surface area (Å²) in [6.45, 7) is 3.16. The minimum atomic E-state index is -0.177. The maximum absolute atomic E-state index is 12.1. The Morgan fingerprint density at radius 2 is 1.80 bits per heavy atom. The largest absolute Gasteiger partial charge is 0.469 e. The number of rotatable bonds is 2. The number of urea groups is 1. The van der Waals surface area contributed by atoms with Gasteiger partial charge in [0.05, 0.1) is 13.0 Å². The van der Waals surface area contributed by atoms with Crippen LogP contribution >= 0.6 is 0 Å². The number of hydrogen-bond donors (Lipinski definition) is 1. The summed E-state index contributed by atoms with van der Waals surface area (Å²) in [7, 11) is 1.40. The number of amides is 2. The van der Waals surface area contributed by atoms with E-state index in [0.29, 0.717) is 25.9 Å². The second-order valence-electron chi connectivity index (χ2n) is 5.08. The predicted octanol–water partition coefficient (Wildman–Crippen LogP) is 2.41. The van der Waals surface area contributed by atoms with Crippen molar-refractivity contribution >= 4 is 17.7 Å². The van der Waals surface area contributed by atoms with Crippen molar-refractivity contribution in [3.05, 3.63) is 29.8 Å². The summed E-state index contributed by atoms with van der Waals surface area (Å²) in [5, 5.41) is 2.87. The Bertz CT molecular complexity index is 476. The van der Waals surface area contributed by atoms with E-state index >= 15 is 0 Å². The third kappa shape index (κ3) is 3.50. The van der Waals surface area contributed by atoms with Crippen LogP contribution in [0.15, 0.2) is 24.3 Å². The lowest BCUT2D eigenvalue weighted by Gasteiger charge is -2.30. The molecule has 2 amide bonds. The zero-order valence-corrected chi connectivity index (χ0v) is 11.9. The molecule has 1 heterocycles. The number of benzene rings is 1. The molecule has 0 radical (unpaired) electrons. The van der Waals surface area contributed by atoms with Gasteiger partial charge in [0.25, 0.3) is 0 Å². The number of esters is 1. The van der Waals surface area contributed by atoms with Gasteiger partial charge in [0.15, 0.2) is 0 Å². The van der Waals surface area contributed by atoms with E-state index in [1.807, 2.05) is 31.2 Å². The highest BCUT2D eigenvalue weighted by Gasteiger charge is 2.27. The maximum Gasteiger partial charge on any atom is 0.321 e. The number of piperidine rings is 1. The number of likely N-dealkylation sites (tertiary alicyclic amines) is 1. The van der Waals surface area contributed by atoms with E-state index < -0.39 is 0 Å². The van der Waals surface area contributed by atoms with E-state index in [0.717, 1.165) is 11.3 Å². The molecule has 1 aromatic carbocycles. The fourth-order valence-electron chi connectivity index (χ4n) is 2.32. The highest BCUT2D eigenvalue weighted by Crippen LogP contribution is 2.19. The molecule has 0 unspecified atom stereocenters. The highest BCUT2D eigenvalue weighted by atomic mass is 16.5. The molecule has 20 heavy (non-hydrogen) atoms. The molecule has 1 aromatic rings. The molecule has 5 nitrogen and oxygen atoms in total. The standard InChI is InChI=1S/C15H20N2O3/c1-11-3-5-13(6-4-11)16-15(19)17-9-7-12(8-10-17)14(18)20-2/h3-6,12H,7-10H2,1-2H3,(H,16,19). The lowest BCUT2D eigenvalue weighted by molar-refractivity contribution is -0.146. The number of ether oxygens (including phenoxy) is 1. The average molecular weight is 276 g/mol. The Labute approximate surface area is 118 Å². The Hall–Kier alpha value is -2.04. The minimum Gasteiger partial charge on any atom is -0.469 e. The van der Waals surface area contributed by atoms with Gasteiger partial charge in [-0.05, 0) is 31.9 Å². The summed E-state index contributed by atoms with van der Waals surface area (Å²) in [5.41, 5.74) is 1.94. The van der Waals surface area contributed by atoms with E-state index in [4.69, 9.17) is 4.74 Å². The van der Waals surface area contributed by atoms with E-state index in [2.05, 4.69) is 5.32 Å². The lowest BCUT2D eigenvalue weighted by Crippen LogP contribution is -2.42. The SMILES string of the molecule is COC(=O)C1CCN(C(=O)Nc2ccc(C)cc2)CC1. The van der Waals surface area contributed by atoms with Gasteiger partial charge in [-0.25, -0.2) is 4.79 Å². The number of methoxy groups -OCH3 is 1. The van der Waals surface area contributed by atoms with Gasteiger partial charge in [-0.2, -0.15) is 0 Å². The van der Waals surface area contributed by atoms with Crippen molar-refractivity contribution in [1.82, 2.24) is 4.90 Å². The quantitative estimate of drug-likeness (QED) is 0.844. The molecule has 0 saturated carbocycles. The first-order valence-corrected chi connectivity index (χ1v) is 6.80. The van der Waals surface area contributed by atoms with Crippen molar-refractivity contribution in [2.75, 3.05) is 25.5 Å². The van der Waals surface area contributed by atoms with Crippen LogP contribution in [0.3, 0.4) is 0 Å². The van der Waals surface area contributed by atoms with Gasteiger partial charge in [-0.15, -0.1) is 0 Å². The van der Waals surface area contributed by atoms with Crippen LogP contribution in [0, 0.1) is 12.8 Å². The van der Waals surface area contributed by atoms with Gasteiger partial charge in [0.2, 0.25) is 0 Å². The van der Waals surface area contributed by atoms with Crippen LogP contribution in [-0.4, -0.2) is 37.1 Å². The van der Waals surface area contributed by atoms with Crippen molar-refractivity contribution in [1.29, 1.82) is 0 Å². The fraction of sp³-hybridized carbons (Fsp3) is 0.467. The smallest absolute Gasteiger partial charge is 0.321 e. The van der Waals surface area contributed by atoms with E-state index in [9.17, 15) is 9.59 Å². The van der Waals surface area contributed by atoms with Crippen LogP contribution in [0.2, 0.25) is 0 Å². The number of nitrogens with one attached hydrogen (secondary N) is 1. The first kappa shape index (κ1) is 14.4. The average Bonchev–Trinajstić information content (AvgIpc) is 2.49. The zero-order valence-electron chi connectivity index (χ0n) is 11.9. The third-order valence-electron chi connectivity index (χ3n) is 3.62. The Balaban J connectivity index is 1.85. The molecule has 1 fully saturated rings. The third-order valence-corrected chi connectivity index (χ3v) is 3.62. The fourth-order valence-corrected chi connectivity index (χ4v) is 2.32. The topological polar surface area (TPSA) is 58.6 Å². The van der Waals surface area contributed by atoms with E-state index in [1.54, 1.807) is 4.90 Å². The molecule has 1 aliphatic rings. The molecular formula is C15H20N2O3. The monoisotopic (exact) mass is 276 g/mol. The summed E-state index contributed by atoms with van der Waals surface area (Å²) in [6.07, 6.45) is 1.32. The highest BCUT2D eigenvalue weighted by molar-refractivity contribution is 5.89. The van der Waals surface area contributed by atoms with Crippen molar-refractivity contribution in [2.24, 2.45) is 5.92 Å². The molecule has 0 aromatic heterocycles. The minimum absolute atomic E-state index is 0.0802. The molecule has 0 atom stereocenters.